The van der Waals surface area contributed by atoms with E-state index in [9.17, 15) is 4.79 Å². The van der Waals surface area contributed by atoms with Crippen LogP contribution in [-0.2, 0) is 0 Å². The fraction of sp³-hybridized carbons (Fsp3) is 0.250. The van der Waals surface area contributed by atoms with Crippen LogP contribution in [0.1, 0.15) is 16.3 Å². The van der Waals surface area contributed by atoms with Crippen molar-refractivity contribution in [1.29, 1.82) is 0 Å². The molecule has 2 N–H and O–H groups in total. The first-order chi connectivity index (χ1) is 9.69. The predicted octanol–water partition coefficient (Wildman–Crippen LogP) is 0.495. The Hall–Kier alpha value is -2.61. The summed E-state index contributed by atoms with van der Waals surface area (Å²) in [5, 5.41) is 14.3. The van der Waals surface area contributed by atoms with Crippen LogP contribution in [0.5, 0.6) is 0 Å². The molecule has 104 valence electrons. The van der Waals surface area contributed by atoms with Crippen LogP contribution in [0.2, 0.25) is 0 Å². The van der Waals surface area contributed by atoms with E-state index in [4.69, 9.17) is 0 Å². The molecule has 0 bridgehead atoms. The lowest BCUT2D eigenvalue weighted by Crippen LogP contribution is -2.02. The lowest BCUT2D eigenvalue weighted by molar-refractivity contribution is 0.111. The smallest absolute Gasteiger partial charge is 0.170 e. The zero-order chi connectivity index (χ0) is 14.5. The van der Waals surface area contributed by atoms with Gasteiger partial charge in [-0.3, -0.25) is 9.89 Å². The number of H-pyrrole nitrogens is 1. The molecule has 0 spiro atoms. The molecule has 3 aromatic rings. The highest BCUT2D eigenvalue weighted by Gasteiger charge is 2.10. The van der Waals surface area contributed by atoms with Crippen LogP contribution in [0, 0.1) is 6.92 Å². The Morgan fingerprint density at radius 1 is 1.35 bits per heavy atom. The van der Waals surface area contributed by atoms with Crippen molar-refractivity contribution in [3.63, 3.8) is 0 Å². The SMILES string of the molecule is CNC.Cc1nc(-n2ccc(C=O)n2)c2cn[nH]c2n1. The number of nitrogens with one attached hydrogen (secondary N) is 2. The number of fused-ring (bicyclic) bond motifs is 1. The van der Waals surface area contributed by atoms with Crippen LogP contribution in [0.25, 0.3) is 16.9 Å². The lowest BCUT2D eigenvalue weighted by Gasteiger charge is -2.02. The summed E-state index contributed by atoms with van der Waals surface area (Å²) in [6, 6.07) is 1.62. The largest absolute Gasteiger partial charge is 0.323 e. The van der Waals surface area contributed by atoms with Gasteiger partial charge < -0.3 is 5.32 Å². The number of carbonyl (C=O) groups excluding carboxylic acids is 1. The Labute approximate surface area is 115 Å². The van der Waals surface area contributed by atoms with Crippen LogP contribution in [0.3, 0.4) is 0 Å². The highest BCUT2D eigenvalue weighted by atomic mass is 16.1. The number of carbonyl (C=O) groups is 1. The summed E-state index contributed by atoms with van der Waals surface area (Å²) in [5.41, 5.74) is 1.01. The monoisotopic (exact) mass is 273 g/mol. The maximum Gasteiger partial charge on any atom is 0.170 e. The van der Waals surface area contributed by atoms with E-state index in [1.54, 1.807) is 25.4 Å². The first-order valence-electron chi connectivity index (χ1n) is 5.97. The molecule has 0 aromatic carbocycles. The second-order valence-electron chi connectivity index (χ2n) is 4.03. The van der Waals surface area contributed by atoms with E-state index >= 15 is 0 Å². The molecule has 3 heterocycles. The van der Waals surface area contributed by atoms with E-state index in [-0.39, 0.29) is 0 Å². The minimum absolute atomic E-state index is 0.359. The van der Waals surface area contributed by atoms with Crippen molar-refractivity contribution in [2.24, 2.45) is 0 Å². The summed E-state index contributed by atoms with van der Waals surface area (Å²) in [5.74, 6) is 1.22. The van der Waals surface area contributed by atoms with E-state index in [2.05, 4.69) is 30.6 Å². The third kappa shape index (κ3) is 2.69. The molecule has 0 atom stereocenters. The molecule has 0 radical (unpaired) electrons. The number of rotatable bonds is 2. The number of hydrogen-bond acceptors (Lipinski definition) is 6. The van der Waals surface area contributed by atoms with Gasteiger partial charge in [-0.15, -0.1) is 0 Å². The highest BCUT2D eigenvalue weighted by molar-refractivity contribution is 5.81. The number of aromatic amines is 1. The summed E-state index contributed by atoms with van der Waals surface area (Å²) in [6.45, 7) is 1.79. The maximum absolute atomic E-state index is 10.6. The van der Waals surface area contributed by atoms with Gasteiger partial charge in [0.05, 0.1) is 11.6 Å². The number of aromatic nitrogens is 6. The molecule has 0 amide bonds. The molecular formula is C12H15N7O. The quantitative estimate of drug-likeness (QED) is 0.659. The van der Waals surface area contributed by atoms with Gasteiger partial charge in [-0.2, -0.15) is 10.2 Å². The third-order valence-corrected chi connectivity index (χ3v) is 2.35. The number of nitrogens with zero attached hydrogens (tertiary/aromatic N) is 5. The van der Waals surface area contributed by atoms with Crippen LogP contribution in [0.15, 0.2) is 18.5 Å². The normalized spacial score (nSPS) is 10.2. The molecule has 3 aromatic heterocycles. The second-order valence-corrected chi connectivity index (χ2v) is 4.03. The van der Waals surface area contributed by atoms with Gasteiger partial charge in [0.2, 0.25) is 0 Å². The average Bonchev–Trinajstić information content (AvgIpc) is 3.07. The number of aryl methyl sites for hydroxylation is 1. The second kappa shape index (κ2) is 6.02. The van der Waals surface area contributed by atoms with Gasteiger partial charge in [-0.1, -0.05) is 0 Å². The summed E-state index contributed by atoms with van der Waals surface area (Å²) in [6.07, 6.45) is 4.00. The van der Waals surface area contributed by atoms with Crippen molar-refractivity contribution in [3.05, 3.63) is 30.0 Å². The van der Waals surface area contributed by atoms with Gasteiger partial charge in [-0.25, -0.2) is 14.6 Å². The van der Waals surface area contributed by atoms with Gasteiger partial charge in [0.25, 0.3) is 0 Å². The first kappa shape index (κ1) is 13.8. The van der Waals surface area contributed by atoms with Gasteiger partial charge in [0.15, 0.2) is 17.8 Å². The van der Waals surface area contributed by atoms with Crippen LogP contribution in [-0.4, -0.2) is 50.3 Å². The topological polar surface area (TPSA) is 101 Å². The zero-order valence-electron chi connectivity index (χ0n) is 11.5. The van der Waals surface area contributed by atoms with E-state index in [1.807, 2.05) is 14.1 Å². The van der Waals surface area contributed by atoms with Gasteiger partial charge in [0, 0.05) is 6.20 Å². The Bertz CT molecular complexity index is 715. The molecule has 0 aliphatic carbocycles. The lowest BCUT2D eigenvalue weighted by atomic mass is 10.4. The summed E-state index contributed by atoms with van der Waals surface area (Å²) >= 11 is 0. The summed E-state index contributed by atoms with van der Waals surface area (Å²) in [7, 11) is 3.75. The van der Waals surface area contributed by atoms with E-state index in [0.717, 1.165) is 5.39 Å². The van der Waals surface area contributed by atoms with E-state index in [1.165, 1.54) is 4.68 Å². The number of aldehydes is 1. The van der Waals surface area contributed by atoms with Crippen LogP contribution < -0.4 is 5.32 Å². The molecule has 0 saturated carbocycles. The molecule has 3 rings (SSSR count). The summed E-state index contributed by atoms with van der Waals surface area (Å²) in [4.78, 5) is 19.1. The van der Waals surface area contributed by atoms with Crippen LogP contribution in [0.4, 0.5) is 0 Å². The first-order valence-corrected chi connectivity index (χ1v) is 5.97. The van der Waals surface area contributed by atoms with Gasteiger partial charge in [-0.05, 0) is 27.1 Å². The van der Waals surface area contributed by atoms with Crippen molar-refractivity contribution in [2.75, 3.05) is 14.1 Å². The highest BCUT2D eigenvalue weighted by Crippen LogP contribution is 2.16. The van der Waals surface area contributed by atoms with Crippen LogP contribution >= 0.6 is 0 Å². The number of hydrogen-bond donors (Lipinski definition) is 2. The molecular weight excluding hydrogens is 258 g/mol. The average molecular weight is 273 g/mol. The molecule has 0 aliphatic heterocycles. The van der Waals surface area contributed by atoms with Crippen molar-refractivity contribution >= 4 is 17.3 Å². The van der Waals surface area contributed by atoms with Crippen molar-refractivity contribution < 1.29 is 4.79 Å². The standard InChI is InChI=1S/C10H8N6O.C2H7N/c1-6-12-9-8(4-11-14-9)10(13-6)16-3-2-7(5-17)15-16;1-3-2/h2-5H,1H3,(H,11,12,13,14);3H,1-2H3. The van der Waals surface area contributed by atoms with E-state index < -0.39 is 0 Å². The van der Waals surface area contributed by atoms with E-state index in [0.29, 0.717) is 29.3 Å². The zero-order valence-corrected chi connectivity index (χ0v) is 11.5. The minimum Gasteiger partial charge on any atom is -0.323 e. The molecule has 8 nitrogen and oxygen atoms in total. The molecule has 0 unspecified atom stereocenters. The molecule has 0 aliphatic rings. The van der Waals surface area contributed by atoms with Gasteiger partial charge >= 0.3 is 0 Å². The van der Waals surface area contributed by atoms with Crippen molar-refractivity contribution in [2.45, 2.75) is 6.92 Å². The Morgan fingerprint density at radius 3 is 2.75 bits per heavy atom. The predicted molar refractivity (Wildman–Crippen MR) is 73.9 cm³/mol. The minimum atomic E-state index is 0.359. The van der Waals surface area contributed by atoms with Crippen molar-refractivity contribution in [1.82, 2.24) is 35.3 Å². The van der Waals surface area contributed by atoms with Crippen molar-refractivity contribution in [3.8, 4) is 5.82 Å². The fourth-order valence-electron chi connectivity index (χ4n) is 1.62. The Morgan fingerprint density at radius 2 is 2.10 bits per heavy atom. The fourth-order valence-corrected chi connectivity index (χ4v) is 1.62. The molecule has 20 heavy (non-hydrogen) atoms. The molecule has 0 fully saturated rings. The third-order valence-electron chi connectivity index (χ3n) is 2.35. The Kier molecular flexibility index (Phi) is 4.16. The van der Waals surface area contributed by atoms with Gasteiger partial charge in [0.1, 0.15) is 11.5 Å². The Balaban J connectivity index is 0.000000452. The maximum atomic E-state index is 10.6. The molecule has 8 heteroatoms. The summed E-state index contributed by atoms with van der Waals surface area (Å²) < 4.78 is 1.54. The molecule has 0 saturated heterocycles.